The third kappa shape index (κ3) is 6.44. The Labute approximate surface area is 179 Å². The molecule has 2 aromatic carbocycles. The summed E-state index contributed by atoms with van der Waals surface area (Å²) in [5.74, 6) is -0.00955. The minimum absolute atomic E-state index is 0.0503. The highest BCUT2D eigenvalue weighted by Gasteiger charge is 2.15. The van der Waals surface area contributed by atoms with Gasteiger partial charge in [-0.05, 0) is 31.5 Å². The molecular weight excluding hydrogens is 402 g/mol. The van der Waals surface area contributed by atoms with Gasteiger partial charge in [0, 0.05) is 28.4 Å². The average Bonchev–Trinajstić information content (AvgIpc) is 3.13. The maximum Gasteiger partial charge on any atom is 0.258 e. The number of aromatic nitrogens is 1. The zero-order valence-electron chi connectivity index (χ0n) is 16.3. The summed E-state index contributed by atoms with van der Waals surface area (Å²) in [4.78, 5) is 30.9. The molecular formula is C22H23N3O2S2. The molecule has 5 nitrogen and oxygen atoms in total. The molecule has 0 aliphatic carbocycles. The van der Waals surface area contributed by atoms with Crippen LogP contribution >= 0.6 is 23.1 Å². The number of hydrogen-bond donors (Lipinski definition) is 2. The van der Waals surface area contributed by atoms with Gasteiger partial charge in [-0.15, -0.1) is 23.1 Å². The minimum atomic E-state index is -0.224. The van der Waals surface area contributed by atoms with E-state index in [4.69, 9.17) is 0 Å². The Kier molecular flexibility index (Phi) is 7.43. The molecule has 0 bridgehead atoms. The van der Waals surface area contributed by atoms with Crippen molar-refractivity contribution in [2.75, 3.05) is 11.1 Å². The Morgan fingerprint density at radius 2 is 1.79 bits per heavy atom. The topological polar surface area (TPSA) is 71.1 Å². The maximum absolute atomic E-state index is 12.8. The molecule has 2 amide bonds. The predicted molar refractivity (Wildman–Crippen MR) is 120 cm³/mol. The van der Waals surface area contributed by atoms with Gasteiger partial charge >= 0.3 is 0 Å². The molecule has 0 spiro atoms. The van der Waals surface area contributed by atoms with Gasteiger partial charge in [-0.25, -0.2) is 4.98 Å². The van der Waals surface area contributed by atoms with Crippen molar-refractivity contribution in [2.45, 2.75) is 31.2 Å². The minimum Gasteiger partial charge on any atom is -0.353 e. The quantitative estimate of drug-likeness (QED) is 0.517. The summed E-state index contributed by atoms with van der Waals surface area (Å²) in [5.41, 5.74) is 1.74. The highest BCUT2D eigenvalue weighted by molar-refractivity contribution is 8.00. The van der Waals surface area contributed by atoms with Crippen molar-refractivity contribution in [3.8, 4) is 0 Å². The first-order chi connectivity index (χ1) is 14.0. The summed E-state index contributed by atoms with van der Waals surface area (Å²) < 4.78 is 0. The van der Waals surface area contributed by atoms with Crippen LogP contribution < -0.4 is 10.6 Å². The lowest BCUT2D eigenvalue weighted by atomic mass is 10.1. The zero-order chi connectivity index (χ0) is 20.6. The summed E-state index contributed by atoms with van der Waals surface area (Å²) in [6.07, 6.45) is 2.58. The van der Waals surface area contributed by atoms with Crippen molar-refractivity contribution in [2.24, 2.45) is 0 Å². The highest BCUT2D eigenvalue weighted by Crippen LogP contribution is 2.25. The third-order valence-corrected chi connectivity index (χ3v) is 5.92. The largest absolute Gasteiger partial charge is 0.353 e. The van der Waals surface area contributed by atoms with Gasteiger partial charge in [0.15, 0.2) is 5.13 Å². The first kappa shape index (κ1) is 21.1. The first-order valence-electron chi connectivity index (χ1n) is 9.32. The van der Waals surface area contributed by atoms with Crippen LogP contribution in [0.15, 0.2) is 65.7 Å². The maximum atomic E-state index is 12.8. The summed E-state index contributed by atoms with van der Waals surface area (Å²) in [7, 11) is 0. The molecule has 0 radical (unpaired) electrons. The van der Waals surface area contributed by atoms with E-state index in [0.29, 0.717) is 10.7 Å². The molecule has 7 heteroatoms. The molecule has 0 aliphatic rings. The number of nitrogens with zero attached hydrogens (tertiary/aromatic N) is 1. The first-order valence-corrected chi connectivity index (χ1v) is 11.1. The van der Waals surface area contributed by atoms with Gasteiger partial charge in [-0.2, -0.15) is 0 Å². The van der Waals surface area contributed by atoms with E-state index in [1.165, 1.54) is 28.7 Å². The number of carbonyl (C=O) groups excluding carboxylic acids is 2. The van der Waals surface area contributed by atoms with Crippen LogP contribution in [0.25, 0.3) is 0 Å². The van der Waals surface area contributed by atoms with Crippen LogP contribution in [0.5, 0.6) is 0 Å². The third-order valence-electron chi connectivity index (χ3n) is 3.94. The van der Waals surface area contributed by atoms with Crippen molar-refractivity contribution in [3.05, 3.63) is 76.8 Å². The number of thiazole rings is 1. The fraction of sp³-hybridized carbons (Fsp3) is 0.227. The number of carbonyl (C=O) groups is 2. The average molecular weight is 426 g/mol. The van der Waals surface area contributed by atoms with Crippen LogP contribution in [0.4, 0.5) is 5.13 Å². The SMILES string of the molecule is CC(C)NC(=O)CSc1ccccc1C(=O)Nc1ncc(Cc2ccccc2)s1. The van der Waals surface area contributed by atoms with Gasteiger partial charge in [0.1, 0.15) is 0 Å². The normalized spacial score (nSPS) is 10.7. The smallest absolute Gasteiger partial charge is 0.258 e. The summed E-state index contributed by atoms with van der Waals surface area (Å²) >= 11 is 2.82. The van der Waals surface area contributed by atoms with Crippen LogP contribution in [0.2, 0.25) is 0 Å². The molecule has 3 rings (SSSR count). The number of thioether (sulfide) groups is 1. The zero-order valence-corrected chi connectivity index (χ0v) is 18.0. The van der Waals surface area contributed by atoms with E-state index in [1.807, 2.05) is 50.2 Å². The number of amides is 2. The molecule has 150 valence electrons. The molecule has 1 aromatic heterocycles. The Balaban J connectivity index is 1.63. The second-order valence-corrected chi connectivity index (χ2v) is 8.89. The van der Waals surface area contributed by atoms with E-state index < -0.39 is 0 Å². The Bertz CT molecular complexity index is 971. The van der Waals surface area contributed by atoms with Gasteiger partial charge in [-0.3, -0.25) is 14.9 Å². The summed E-state index contributed by atoms with van der Waals surface area (Å²) in [6.45, 7) is 3.84. The van der Waals surface area contributed by atoms with E-state index in [1.54, 1.807) is 12.3 Å². The van der Waals surface area contributed by atoms with Crippen LogP contribution in [-0.4, -0.2) is 28.6 Å². The van der Waals surface area contributed by atoms with Gasteiger partial charge in [0.05, 0.1) is 11.3 Å². The second kappa shape index (κ2) is 10.2. The van der Waals surface area contributed by atoms with E-state index in [-0.39, 0.29) is 23.6 Å². The summed E-state index contributed by atoms with van der Waals surface area (Å²) in [5, 5.41) is 6.30. The summed E-state index contributed by atoms with van der Waals surface area (Å²) in [6, 6.07) is 17.5. The van der Waals surface area contributed by atoms with Crippen molar-refractivity contribution >= 4 is 40.0 Å². The molecule has 1 heterocycles. The van der Waals surface area contributed by atoms with Crippen molar-refractivity contribution in [1.29, 1.82) is 0 Å². The lowest BCUT2D eigenvalue weighted by Crippen LogP contribution is -2.31. The molecule has 0 saturated carbocycles. The molecule has 2 N–H and O–H groups in total. The Morgan fingerprint density at radius 3 is 2.55 bits per heavy atom. The van der Waals surface area contributed by atoms with Crippen LogP contribution in [-0.2, 0) is 11.2 Å². The number of hydrogen-bond acceptors (Lipinski definition) is 5. The van der Waals surface area contributed by atoms with Crippen LogP contribution in [0, 0.1) is 0 Å². The molecule has 29 heavy (non-hydrogen) atoms. The molecule has 3 aromatic rings. The van der Waals surface area contributed by atoms with Gasteiger partial charge in [0.2, 0.25) is 5.91 Å². The van der Waals surface area contributed by atoms with Crippen LogP contribution in [0.3, 0.4) is 0 Å². The number of nitrogens with one attached hydrogen (secondary N) is 2. The van der Waals surface area contributed by atoms with Crippen molar-refractivity contribution < 1.29 is 9.59 Å². The number of anilines is 1. The molecule has 0 fully saturated rings. The number of rotatable bonds is 8. The molecule has 0 saturated heterocycles. The van der Waals surface area contributed by atoms with Gasteiger partial charge in [-0.1, -0.05) is 42.5 Å². The fourth-order valence-electron chi connectivity index (χ4n) is 2.70. The van der Waals surface area contributed by atoms with E-state index in [9.17, 15) is 9.59 Å². The molecule has 0 unspecified atom stereocenters. The van der Waals surface area contributed by atoms with E-state index >= 15 is 0 Å². The molecule has 0 atom stereocenters. The van der Waals surface area contributed by atoms with Crippen LogP contribution in [0.1, 0.15) is 34.6 Å². The van der Waals surface area contributed by atoms with Gasteiger partial charge < -0.3 is 5.32 Å². The fourth-order valence-corrected chi connectivity index (χ4v) is 4.40. The monoisotopic (exact) mass is 425 g/mol. The van der Waals surface area contributed by atoms with E-state index in [2.05, 4.69) is 27.8 Å². The van der Waals surface area contributed by atoms with Crippen molar-refractivity contribution in [1.82, 2.24) is 10.3 Å². The lowest BCUT2D eigenvalue weighted by molar-refractivity contribution is -0.119. The second-order valence-electron chi connectivity index (χ2n) is 6.76. The van der Waals surface area contributed by atoms with Gasteiger partial charge in [0.25, 0.3) is 5.91 Å². The standard InChI is InChI=1S/C22H23N3O2S2/c1-15(2)24-20(26)14-28-19-11-7-6-10-18(19)21(27)25-22-23-13-17(29-22)12-16-8-4-3-5-9-16/h3-11,13,15H,12,14H2,1-2H3,(H,24,26)(H,23,25,27). The Morgan fingerprint density at radius 1 is 1.07 bits per heavy atom. The number of benzene rings is 2. The lowest BCUT2D eigenvalue weighted by Gasteiger charge is -2.10. The predicted octanol–water partition coefficient (Wildman–Crippen LogP) is 4.60. The van der Waals surface area contributed by atoms with E-state index in [0.717, 1.165) is 16.2 Å². The highest BCUT2D eigenvalue weighted by atomic mass is 32.2. The molecule has 0 aliphatic heterocycles. The van der Waals surface area contributed by atoms with Crippen molar-refractivity contribution in [3.63, 3.8) is 0 Å². The Hall–Kier alpha value is -2.64.